The number of benzene rings is 2. The Balaban J connectivity index is 2.15. The van der Waals surface area contributed by atoms with Gasteiger partial charge in [0.25, 0.3) is 0 Å². The summed E-state index contributed by atoms with van der Waals surface area (Å²) in [4.78, 5) is 0. The van der Waals surface area contributed by atoms with Crippen LogP contribution < -0.4 is 0 Å². The molecule has 0 spiro atoms. The molecule has 1 nitrogen and oxygen atoms in total. The third kappa shape index (κ3) is 2.64. The van der Waals surface area contributed by atoms with E-state index >= 15 is 0 Å². The van der Waals surface area contributed by atoms with E-state index in [1.54, 1.807) is 11.3 Å². The highest BCUT2D eigenvalue weighted by atomic mass is 127. The maximum atomic E-state index is 10.7. The number of halogens is 3. The van der Waals surface area contributed by atoms with Crippen molar-refractivity contribution >= 4 is 71.5 Å². The number of aliphatic hydroxyl groups excluding tert-OH is 1. The van der Waals surface area contributed by atoms with Gasteiger partial charge in [-0.3, -0.25) is 0 Å². The molecule has 1 heterocycles. The highest BCUT2D eigenvalue weighted by molar-refractivity contribution is 14.1. The van der Waals surface area contributed by atoms with Crippen molar-refractivity contribution in [2.45, 2.75) is 6.10 Å². The summed E-state index contributed by atoms with van der Waals surface area (Å²) in [6.07, 6.45) is -0.663. The molecule has 2 aromatic carbocycles. The van der Waals surface area contributed by atoms with Gasteiger partial charge in [-0.1, -0.05) is 23.7 Å². The summed E-state index contributed by atoms with van der Waals surface area (Å²) < 4.78 is 3.21. The van der Waals surface area contributed by atoms with Crippen LogP contribution in [0.3, 0.4) is 0 Å². The molecule has 0 saturated carbocycles. The molecule has 102 valence electrons. The molecule has 0 aliphatic rings. The van der Waals surface area contributed by atoms with Crippen LogP contribution in [-0.2, 0) is 0 Å². The first-order valence-electron chi connectivity index (χ1n) is 5.86. The zero-order chi connectivity index (χ0) is 14.3. The van der Waals surface area contributed by atoms with E-state index in [0.717, 1.165) is 29.3 Å². The second kappa shape index (κ2) is 5.93. The van der Waals surface area contributed by atoms with Crippen LogP contribution in [-0.4, -0.2) is 5.11 Å². The van der Waals surface area contributed by atoms with E-state index in [2.05, 4.69) is 38.5 Å². The molecule has 0 aliphatic carbocycles. The minimum Gasteiger partial charge on any atom is -0.384 e. The number of rotatable bonds is 2. The number of hydrogen-bond acceptors (Lipinski definition) is 2. The third-order valence-electron chi connectivity index (χ3n) is 3.13. The minimum absolute atomic E-state index is 0.639. The molecule has 1 unspecified atom stereocenters. The zero-order valence-corrected chi connectivity index (χ0v) is 15.4. The topological polar surface area (TPSA) is 20.2 Å². The van der Waals surface area contributed by atoms with Crippen molar-refractivity contribution in [1.82, 2.24) is 0 Å². The van der Waals surface area contributed by atoms with E-state index in [-0.39, 0.29) is 0 Å². The Labute approximate surface area is 147 Å². The zero-order valence-electron chi connectivity index (χ0n) is 10.1. The van der Waals surface area contributed by atoms with Gasteiger partial charge in [-0.25, -0.2) is 0 Å². The molecule has 1 atom stereocenters. The van der Waals surface area contributed by atoms with Crippen LogP contribution in [0.15, 0.2) is 46.3 Å². The van der Waals surface area contributed by atoms with E-state index in [9.17, 15) is 5.11 Å². The van der Waals surface area contributed by atoms with E-state index in [4.69, 9.17) is 11.6 Å². The first kappa shape index (κ1) is 14.8. The van der Waals surface area contributed by atoms with Gasteiger partial charge >= 0.3 is 0 Å². The molecule has 20 heavy (non-hydrogen) atoms. The first-order chi connectivity index (χ1) is 9.58. The van der Waals surface area contributed by atoms with Crippen molar-refractivity contribution < 1.29 is 5.11 Å². The number of aliphatic hydroxyl groups is 1. The third-order valence-corrected chi connectivity index (χ3v) is 6.32. The van der Waals surface area contributed by atoms with Gasteiger partial charge in [0.05, 0.1) is 0 Å². The molecule has 5 heteroatoms. The summed E-state index contributed by atoms with van der Waals surface area (Å²) in [7, 11) is 0. The SMILES string of the molecule is OC(c1cc(Cl)ccc1I)c1csc2c(Br)cccc12. The van der Waals surface area contributed by atoms with E-state index in [1.807, 2.05) is 41.8 Å². The van der Waals surface area contributed by atoms with Gasteiger partial charge in [-0.2, -0.15) is 0 Å². The fourth-order valence-electron chi connectivity index (χ4n) is 2.15. The Morgan fingerprint density at radius 2 is 2.00 bits per heavy atom. The van der Waals surface area contributed by atoms with Crippen molar-refractivity contribution in [2.75, 3.05) is 0 Å². The molecule has 0 saturated heterocycles. The number of hydrogen-bond donors (Lipinski definition) is 1. The van der Waals surface area contributed by atoms with Crippen molar-refractivity contribution in [3.63, 3.8) is 0 Å². The van der Waals surface area contributed by atoms with Crippen LogP contribution in [0.2, 0.25) is 5.02 Å². The standard InChI is InChI=1S/C15H9BrClIOS/c16-12-3-1-2-9-11(7-20-15(9)12)14(19)10-6-8(17)4-5-13(10)18/h1-7,14,19H. The Morgan fingerprint density at radius 3 is 2.80 bits per heavy atom. The summed E-state index contributed by atoms with van der Waals surface area (Å²) >= 11 is 13.4. The molecule has 1 aromatic heterocycles. The Hall–Kier alpha value is -0.140. The van der Waals surface area contributed by atoms with Gasteiger partial charge in [0, 0.05) is 23.3 Å². The molecule has 0 amide bonds. The normalized spacial score (nSPS) is 12.8. The largest absolute Gasteiger partial charge is 0.384 e. The lowest BCUT2D eigenvalue weighted by molar-refractivity contribution is 0.221. The lowest BCUT2D eigenvalue weighted by Gasteiger charge is -2.13. The summed E-state index contributed by atoms with van der Waals surface area (Å²) in [5.74, 6) is 0. The molecular formula is C15H9BrClIOS. The monoisotopic (exact) mass is 478 g/mol. The second-order valence-corrected chi connectivity index (χ2v) is 7.71. The molecule has 1 N–H and O–H groups in total. The number of fused-ring (bicyclic) bond motifs is 1. The summed E-state index contributed by atoms with van der Waals surface area (Å²) in [5, 5.41) is 14.4. The van der Waals surface area contributed by atoms with Crippen molar-refractivity contribution in [3.05, 3.63) is 66.0 Å². The van der Waals surface area contributed by atoms with E-state index in [0.29, 0.717) is 5.02 Å². The van der Waals surface area contributed by atoms with Crippen LogP contribution in [0.1, 0.15) is 17.2 Å². The van der Waals surface area contributed by atoms with E-state index in [1.165, 1.54) is 0 Å². The fraction of sp³-hybridized carbons (Fsp3) is 0.0667. The smallest absolute Gasteiger partial charge is 0.107 e. The van der Waals surface area contributed by atoms with Crippen LogP contribution in [0.25, 0.3) is 10.1 Å². The maximum Gasteiger partial charge on any atom is 0.107 e. The summed E-state index contributed by atoms with van der Waals surface area (Å²) in [6, 6.07) is 11.6. The second-order valence-electron chi connectivity index (χ2n) is 4.38. The Morgan fingerprint density at radius 1 is 1.20 bits per heavy atom. The van der Waals surface area contributed by atoms with Gasteiger partial charge in [0.2, 0.25) is 0 Å². The van der Waals surface area contributed by atoms with Crippen molar-refractivity contribution in [1.29, 1.82) is 0 Å². The molecule has 0 bridgehead atoms. The lowest BCUT2D eigenvalue weighted by Crippen LogP contribution is -2.01. The molecular weight excluding hydrogens is 470 g/mol. The average Bonchev–Trinajstić information content (AvgIpc) is 2.86. The van der Waals surface area contributed by atoms with Gasteiger partial charge in [-0.15, -0.1) is 11.3 Å². The molecule has 0 aliphatic heterocycles. The maximum absolute atomic E-state index is 10.7. The predicted octanol–water partition coefficient (Wildman–Crippen LogP) is 6.00. The van der Waals surface area contributed by atoms with Gasteiger partial charge < -0.3 is 5.11 Å². The first-order valence-corrected chi connectivity index (χ1v) is 8.99. The van der Waals surface area contributed by atoms with Crippen LogP contribution in [0.5, 0.6) is 0 Å². The summed E-state index contributed by atoms with van der Waals surface area (Å²) in [6.45, 7) is 0. The van der Waals surface area contributed by atoms with Crippen LogP contribution in [0.4, 0.5) is 0 Å². The molecule has 0 fully saturated rings. The Bertz CT molecular complexity index is 787. The van der Waals surface area contributed by atoms with Crippen molar-refractivity contribution in [3.8, 4) is 0 Å². The number of thiophene rings is 1. The fourth-order valence-corrected chi connectivity index (χ4v) is 4.60. The van der Waals surface area contributed by atoms with Crippen molar-refractivity contribution in [2.24, 2.45) is 0 Å². The van der Waals surface area contributed by atoms with Gasteiger partial charge in [0.1, 0.15) is 6.10 Å². The highest BCUT2D eigenvalue weighted by Crippen LogP contribution is 2.38. The van der Waals surface area contributed by atoms with Gasteiger partial charge in [-0.05, 0) is 79.1 Å². The minimum atomic E-state index is -0.663. The molecule has 0 radical (unpaired) electrons. The quantitative estimate of drug-likeness (QED) is 0.447. The molecule has 3 rings (SSSR count). The van der Waals surface area contributed by atoms with Crippen LogP contribution in [0, 0.1) is 3.57 Å². The lowest BCUT2D eigenvalue weighted by atomic mass is 10.0. The summed E-state index contributed by atoms with van der Waals surface area (Å²) in [5.41, 5.74) is 1.77. The highest BCUT2D eigenvalue weighted by Gasteiger charge is 2.18. The Kier molecular flexibility index (Phi) is 4.38. The average molecular weight is 480 g/mol. The predicted molar refractivity (Wildman–Crippen MR) is 97.8 cm³/mol. The molecule has 3 aromatic rings. The van der Waals surface area contributed by atoms with Gasteiger partial charge in [0.15, 0.2) is 0 Å². The van der Waals surface area contributed by atoms with E-state index < -0.39 is 6.10 Å². The van der Waals surface area contributed by atoms with Crippen LogP contribution >= 0.6 is 61.5 Å².